The van der Waals surface area contributed by atoms with Crippen molar-refractivity contribution in [3.63, 3.8) is 0 Å². The maximum absolute atomic E-state index is 12.9. The second-order valence-electron chi connectivity index (χ2n) is 12.5. The van der Waals surface area contributed by atoms with Gasteiger partial charge in [0.05, 0.1) is 22.7 Å². The van der Waals surface area contributed by atoms with Crippen LogP contribution < -0.4 is 10.6 Å². The zero-order valence-corrected chi connectivity index (χ0v) is 32.9. The Hall–Kier alpha value is -6.05. The molecule has 6 rings (SSSR count). The molecule has 58 heavy (non-hydrogen) atoms. The third kappa shape index (κ3) is 9.22. The minimum absolute atomic E-state index is 0.158. The van der Waals surface area contributed by atoms with E-state index >= 15 is 0 Å². The van der Waals surface area contributed by atoms with Crippen LogP contribution in [-0.2, 0) is 40.5 Å². The molecule has 0 saturated carbocycles. The lowest BCUT2D eigenvalue weighted by atomic mass is 10.1. The summed E-state index contributed by atoms with van der Waals surface area (Å²) in [5, 5.41) is 20.7. The molecule has 0 fully saturated rings. The van der Waals surface area contributed by atoms with Crippen molar-refractivity contribution in [2.24, 2.45) is 20.5 Å². The van der Waals surface area contributed by atoms with E-state index in [1.165, 1.54) is 60.7 Å². The number of anilines is 2. The van der Waals surface area contributed by atoms with Gasteiger partial charge in [-0.05, 0) is 97.8 Å². The number of benzene rings is 6. The average Bonchev–Trinajstić information content (AvgIpc) is 3.11. The van der Waals surface area contributed by atoms with Crippen LogP contribution in [0, 0.1) is 13.8 Å². The highest BCUT2D eigenvalue weighted by Crippen LogP contribution is 2.36. The lowest BCUT2D eigenvalue weighted by Gasteiger charge is -2.11. The number of rotatable bonds is 10. The molecule has 0 aliphatic heterocycles. The quantitative estimate of drug-likeness (QED) is 0.0561. The number of hydrogen-bond donors (Lipinski definition) is 6. The second-order valence-corrected chi connectivity index (χ2v) is 18.0. The Kier molecular flexibility index (Phi) is 11.0. The van der Waals surface area contributed by atoms with Crippen LogP contribution in [-0.4, -0.2) is 57.9 Å². The van der Waals surface area contributed by atoms with Gasteiger partial charge in [-0.15, -0.1) is 0 Å². The molecule has 0 atom stereocenters. The first-order valence-corrected chi connectivity index (χ1v) is 21.9. The molecule has 0 unspecified atom stereocenters. The van der Waals surface area contributed by atoms with Gasteiger partial charge in [-0.2, -0.15) is 54.1 Å². The lowest BCUT2D eigenvalue weighted by molar-refractivity contribution is 0.262. The lowest BCUT2D eigenvalue weighted by Crippen LogP contribution is -2.19. The van der Waals surface area contributed by atoms with Crippen molar-refractivity contribution in [1.29, 1.82) is 0 Å². The molecule has 0 saturated heterocycles. The van der Waals surface area contributed by atoms with E-state index in [-0.39, 0.29) is 44.3 Å². The summed E-state index contributed by atoms with van der Waals surface area (Å²) in [4.78, 5) is 10.3. The molecule has 2 amide bonds. The van der Waals surface area contributed by atoms with Crippen molar-refractivity contribution in [2.75, 3.05) is 10.6 Å². The SMILES string of the molecule is Cc1cc(NC(=O)Nc2ccc(N=Nc3cc(S(=O)(=O)O)c4cccc(S(=O)(=O)O)c4c3)c(C)c2)ccc1N=Nc1cc(S(=O)(=O)O)c2cccc(S(=O)(=O)O)c2c1. The molecule has 6 N–H and O–H groups in total. The van der Waals surface area contributed by atoms with Gasteiger partial charge >= 0.3 is 6.03 Å². The van der Waals surface area contributed by atoms with Crippen LogP contribution >= 0.6 is 0 Å². The van der Waals surface area contributed by atoms with E-state index in [0.29, 0.717) is 22.5 Å². The Bertz CT molecular complexity index is 3010. The van der Waals surface area contributed by atoms with E-state index in [9.17, 15) is 56.7 Å². The molecule has 0 radical (unpaired) electrons. The summed E-state index contributed by atoms with van der Waals surface area (Å²) in [7, 11) is -19.3. The van der Waals surface area contributed by atoms with Crippen molar-refractivity contribution in [2.45, 2.75) is 33.4 Å². The van der Waals surface area contributed by atoms with Gasteiger partial charge in [0.1, 0.15) is 19.6 Å². The highest BCUT2D eigenvalue weighted by Gasteiger charge is 2.23. The molecular weight excluding hydrogens is 841 g/mol. The van der Waals surface area contributed by atoms with E-state index in [1.807, 2.05) is 0 Å². The van der Waals surface area contributed by atoms with E-state index in [0.717, 1.165) is 24.3 Å². The van der Waals surface area contributed by atoms with Gasteiger partial charge in [0.15, 0.2) is 0 Å². The van der Waals surface area contributed by atoms with Gasteiger partial charge < -0.3 is 10.6 Å². The zero-order valence-electron chi connectivity index (χ0n) is 29.6. The number of nitrogens with zero attached hydrogens (tertiary/aromatic N) is 4. The van der Waals surface area contributed by atoms with Crippen molar-refractivity contribution in [3.05, 3.63) is 108 Å². The Labute approximate surface area is 330 Å². The number of aryl methyl sites for hydroxylation is 2. The van der Waals surface area contributed by atoms with Crippen molar-refractivity contribution in [3.8, 4) is 0 Å². The molecule has 0 aliphatic carbocycles. The van der Waals surface area contributed by atoms with Crippen LogP contribution in [0.3, 0.4) is 0 Å². The fraction of sp³-hybridized carbons (Fsp3) is 0.0571. The smallest absolute Gasteiger partial charge is 0.308 e. The summed E-state index contributed by atoms with van der Waals surface area (Å²) < 4.78 is 135. The molecule has 19 nitrogen and oxygen atoms in total. The number of carbonyl (C=O) groups excluding carboxylic acids is 1. The fourth-order valence-corrected chi connectivity index (χ4v) is 8.66. The highest BCUT2D eigenvalue weighted by atomic mass is 32.2. The van der Waals surface area contributed by atoms with Gasteiger partial charge in [-0.25, -0.2) is 4.79 Å². The number of urea groups is 1. The van der Waals surface area contributed by atoms with Crippen LogP contribution in [0.5, 0.6) is 0 Å². The van der Waals surface area contributed by atoms with Crippen molar-refractivity contribution < 1.29 is 56.7 Å². The fourth-order valence-electron chi connectivity index (χ4n) is 5.82. The summed E-state index contributed by atoms with van der Waals surface area (Å²) in [6, 6.07) is 19.8. The number of fused-ring (bicyclic) bond motifs is 2. The van der Waals surface area contributed by atoms with Gasteiger partial charge in [-0.1, -0.05) is 24.3 Å². The molecule has 300 valence electrons. The van der Waals surface area contributed by atoms with Crippen molar-refractivity contribution in [1.82, 2.24) is 0 Å². The summed E-state index contributed by atoms with van der Waals surface area (Å²) in [6.45, 7) is 3.28. The summed E-state index contributed by atoms with van der Waals surface area (Å²) in [5.74, 6) is 0. The van der Waals surface area contributed by atoms with Crippen LogP contribution in [0.25, 0.3) is 21.5 Å². The molecule has 0 bridgehead atoms. The summed E-state index contributed by atoms with van der Waals surface area (Å²) in [6.07, 6.45) is 0. The number of azo groups is 2. The predicted molar refractivity (Wildman–Crippen MR) is 211 cm³/mol. The maximum Gasteiger partial charge on any atom is 0.323 e. The molecule has 6 aromatic carbocycles. The second kappa shape index (κ2) is 15.4. The molecule has 23 heteroatoms. The number of hydrogen-bond acceptors (Lipinski definition) is 13. The van der Waals surface area contributed by atoms with E-state index in [2.05, 4.69) is 31.1 Å². The highest BCUT2D eigenvalue weighted by molar-refractivity contribution is 7.87. The van der Waals surface area contributed by atoms with Gasteiger partial charge in [0, 0.05) is 32.9 Å². The topological polar surface area (TPSA) is 308 Å². The maximum atomic E-state index is 12.9. The number of nitrogens with one attached hydrogen (secondary N) is 2. The van der Waals surface area contributed by atoms with E-state index in [4.69, 9.17) is 0 Å². The molecule has 6 aromatic rings. The van der Waals surface area contributed by atoms with Gasteiger partial charge in [0.25, 0.3) is 40.5 Å². The van der Waals surface area contributed by atoms with Crippen LogP contribution in [0.2, 0.25) is 0 Å². The summed E-state index contributed by atoms with van der Waals surface area (Å²) >= 11 is 0. The molecule has 0 aromatic heterocycles. The molecule has 0 aliphatic rings. The predicted octanol–water partition coefficient (Wildman–Crippen LogP) is 8.07. The minimum atomic E-state index is -4.86. The van der Waals surface area contributed by atoms with Crippen LogP contribution in [0.15, 0.2) is 137 Å². The van der Waals surface area contributed by atoms with Crippen LogP contribution in [0.1, 0.15) is 11.1 Å². The number of amides is 2. The Morgan fingerprint density at radius 1 is 0.448 bits per heavy atom. The van der Waals surface area contributed by atoms with Crippen molar-refractivity contribution >= 4 is 102 Å². The Balaban J connectivity index is 1.18. The largest absolute Gasteiger partial charge is 0.323 e. The third-order valence-corrected chi connectivity index (χ3v) is 12.0. The normalized spacial score (nSPS) is 12.8. The molecule has 0 spiro atoms. The van der Waals surface area contributed by atoms with E-state index in [1.54, 1.807) is 26.0 Å². The number of carbonyl (C=O) groups is 1. The Morgan fingerprint density at radius 2 is 0.810 bits per heavy atom. The minimum Gasteiger partial charge on any atom is -0.308 e. The third-order valence-electron chi connectivity index (χ3n) is 8.37. The summed E-state index contributed by atoms with van der Waals surface area (Å²) in [5.41, 5.74) is 1.93. The first-order valence-electron chi connectivity index (χ1n) is 16.2. The average molecular weight is 869 g/mol. The molecule has 0 heterocycles. The first-order chi connectivity index (χ1) is 27.0. The molecular formula is C35H28N6O13S4. The Morgan fingerprint density at radius 3 is 1.14 bits per heavy atom. The van der Waals surface area contributed by atoms with Gasteiger partial charge in [-0.3, -0.25) is 18.2 Å². The van der Waals surface area contributed by atoms with Crippen LogP contribution in [0.4, 0.5) is 38.9 Å². The zero-order chi connectivity index (χ0) is 42.4. The monoisotopic (exact) mass is 868 g/mol. The van der Waals surface area contributed by atoms with Gasteiger partial charge in [0.2, 0.25) is 0 Å². The van der Waals surface area contributed by atoms with E-state index < -0.39 is 66.1 Å². The first kappa shape index (κ1) is 41.6. The standard InChI is InChI=1S/C35H28N6O13S4/c1-19-13-21(9-11-29(19)40-38-23-15-27-25(33(17-23)57(49,50)51)5-3-7-31(27)55(43,44)45)36-35(42)37-22-10-12-30(20(2)14-22)41-39-24-16-28-26(34(18-24)58(52,53)54)6-4-8-32(28)56(46,47)48/h3-18H,1-2H3,(H2,36,37,42)(H,43,44,45)(H,46,47,48)(H,49,50,51)(H,52,53,54).